The minimum atomic E-state index is -0.0886. The normalized spacial score (nSPS) is 11.7. The number of para-hydroxylation sites is 1. The van der Waals surface area contributed by atoms with E-state index < -0.39 is 0 Å². The summed E-state index contributed by atoms with van der Waals surface area (Å²) in [6.07, 6.45) is 3.16. The first-order chi connectivity index (χ1) is 13.6. The Balaban J connectivity index is 1.51. The summed E-state index contributed by atoms with van der Waals surface area (Å²) in [5.74, 6) is 0. The molecule has 0 saturated heterocycles. The highest BCUT2D eigenvalue weighted by Gasteiger charge is 2.17. The van der Waals surface area contributed by atoms with Crippen LogP contribution >= 0.6 is 0 Å². The maximum absolute atomic E-state index is 12.5. The van der Waals surface area contributed by atoms with Gasteiger partial charge in [-0.15, -0.1) is 0 Å². The number of nitrogens with zero attached hydrogens (tertiary/aromatic N) is 5. The van der Waals surface area contributed by atoms with Crippen molar-refractivity contribution in [3.63, 3.8) is 0 Å². The average Bonchev–Trinajstić information content (AvgIpc) is 3.28. The Morgan fingerprint density at radius 3 is 2.46 bits per heavy atom. The fourth-order valence-corrected chi connectivity index (χ4v) is 2.91. The van der Waals surface area contributed by atoms with E-state index in [0.717, 1.165) is 23.5 Å². The zero-order chi connectivity index (χ0) is 19.9. The lowest BCUT2D eigenvalue weighted by Crippen LogP contribution is -2.41. The molecule has 0 fully saturated rings. The maximum Gasteiger partial charge on any atom is 0.317 e. The maximum atomic E-state index is 12.5. The molecule has 0 aliphatic carbocycles. The Hall–Kier alpha value is -3.35. The number of likely N-dealkylation sites (N-methyl/N-ethyl adjacent to an activating group) is 1. The van der Waals surface area contributed by atoms with E-state index in [0.29, 0.717) is 6.54 Å². The molecule has 7 nitrogen and oxygen atoms in total. The lowest BCUT2D eigenvalue weighted by molar-refractivity contribution is 0.195. The Morgan fingerprint density at radius 1 is 1.11 bits per heavy atom. The van der Waals surface area contributed by atoms with Crippen molar-refractivity contribution in [3.05, 3.63) is 72.8 Å². The summed E-state index contributed by atoms with van der Waals surface area (Å²) in [7, 11) is 3.83. The first-order valence-corrected chi connectivity index (χ1v) is 9.28. The molecule has 146 valence electrons. The first kappa shape index (κ1) is 19.4. The van der Waals surface area contributed by atoms with Crippen LogP contribution in [0.5, 0.6) is 0 Å². The molecule has 0 aliphatic rings. The molecular weight excluding hydrogens is 352 g/mol. The number of anilines is 1. The average molecular weight is 378 g/mol. The molecule has 7 heteroatoms. The number of benzene rings is 2. The lowest BCUT2D eigenvalue weighted by Gasteiger charge is -2.26. The number of carbonyl (C=O) groups is 1. The zero-order valence-electron chi connectivity index (χ0n) is 16.5. The van der Waals surface area contributed by atoms with E-state index in [9.17, 15) is 4.79 Å². The van der Waals surface area contributed by atoms with E-state index >= 15 is 0 Å². The van der Waals surface area contributed by atoms with E-state index in [1.54, 1.807) is 15.9 Å². The number of nitrogens with one attached hydrogen (secondary N) is 1. The van der Waals surface area contributed by atoms with Crippen molar-refractivity contribution in [2.24, 2.45) is 0 Å². The molecule has 3 aromatic rings. The van der Waals surface area contributed by atoms with Crippen LogP contribution in [0.25, 0.3) is 5.69 Å². The van der Waals surface area contributed by atoms with Crippen LogP contribution in [0.15, 0.2) is 67.3 Å². The number of hydrogen-bond acceptors (Lipinski definition) is 4. The first-order valence-electron chi connectivity index (χ1n) is 9.28. The number of carbonyl (C=O) groups excluding carboxylic acids is 1. The number of amides is 2. The van der Waals surface area contributed by atoms with Gasteiger partial charge < -0.3 is 15.1 Å². The van der Waals surface area contributed by atoms with E-state index in [4.69, 9.17) is 0 Å². The van der Waals surface area contributed by atoms with Crippen LogP contribution in [0, 0.1) is 0 Å². The largest absolute Gasteiger partial charge is 0.373 e. The van der Waals surface area contributed by atoms with E-state index in [1.165, 1.54) is 6.33 Å². The highest BCUT2D eigenvalue weighted by Crippen LogP contribution is 2.20. The summed E-state index contributed by atoms with van der Waals surface area (Å²) >= 11 is 0. The smallest absolute Gasteiger partial charge is 0.317 e. The third-order valence-electron chi connectivity index (χ3n) is 4.88. The molecule has 1 aromatic heterocycles. The molecule has 2 aromatic carbocycles. The van der Waals surface area contributed by atoms with Gasteiger partial charge in [0.1, 0.15) is 12.7 Å². The predicted octanol–water partition coefficient (Wildman–Crippen LogP) is 3.11. The van der Waals surface area contributed by atoms with Gasteiger partial charge in [0.05, 0.1) is 11.7 Å². The van der Waals surface area contributed by atoms with Crippen molar-refractivity contribution in [1.29, 1.82) is 0 Å². The summed E-state index contributed by atoms with van der Waals surface area (Å²) < 4.78 is 1.70. The van der Waals surface area contributed by atoms with Crippen LogP contribution < -0.4 is 10.2 Å². The highest BCUT2D eigenvalue weighted by molar-refractivity contribution is 5.74. The van der Waals surface area contributed by atoms with Crippen LogP contribution in [0.2, 0.25) is 0 Å². The Bertz CT molecular complexity index is 864. The fraction of sp³-hybridized carbons (Fsp3) is 0.286. The van der Waals surface area contributed by atoms with E-state index in [-0.39, 0.29) is 12.1 Å². The van der Waals surface area contributed by atoms with Crippen molar-refractivity contribution in [1.82, 2.24) is 25.0 Å². The summed E-state index contributed by atoms with van der Waals surface area (Å²) in [5.41, 5.74) is 3.12. The molecule has 1 N–H and O–H groups in total. The van der Waals surface area contributed by atoms with Crippen LogP contribution in [-0.2, 0) is 0 Å². The predicted molar refractivity (Wildman–Crippen MR) is 111 cm³/mol. The van der Waals surface area contributed by atoms with Gasteiger partial charge in [-0.2, -0.15) is 5.10 Å². The van der Waals surface area contributed by atoms with E-state index in [2.05, 4.69) is 32.4 Å². The SMILES string of the molecule is CC(c1ccc(-n2cncn2)cc1)N(C)C(=O)NCCN(C)c1ccccc1. The summed E-state index contributed by atoms with van der Waals surface area (Å²) in [4.78, 5) is 20.3. The number of rotatable bonds is 7. The second-order valence-corrected chi connectivity index (χ2v) is 6.71. The molecule has 2 amide bonds. The number of urea groups is 1. The highest BCUT2D eigenvalue weighted by atomic mass is 16.2. The summed E-state index contributed by atoms with van der Waals surface area (Å²) in [6.45, 7) is 3.33. The van der Waals surface area contributed by atoms with Crippen molar-refractivity contribution in [3.8, 4) is 5.69 Å². The van der Waals surface area contributed by atoms with Crippen molar-refractivity contribution in [2.45, 2.75) is 13.0 Å². The minimum absolute atomic E-state index is 0.0448. The Kier molecular flexibility index (Phi) is 6.26. The second-order valence-electron chi connectivity index (χ2n) is 6.71. The minimum Gasteiger partial charge on any atom is -0.373 e. The van der Waals surface area contributed by atoms with Gasteiger partial charge in [-0.3, -0.25) is 0 Å². The molecule has 0 aliphatic heterocycles. The number of hydrogen-bond donors (Lipinski definition) is 1. The zero-order valence-corrected chi connectivity index (χ0v) is 16.5. The Morgan fingerprint density at radius 2 is 1.82 bits per heavy atom. The molecular formula is C21H26N6O. The molecule has 0 spiro atoms. The monoisotopic (exact) mass is 378 g/mol. The lowest BCUT2D eigenvalue weighted by atomic mass is 10.1. The quantitative estimate of drug-likeness (QED) is 0.686. The third-order valence-corrected chi connectivity index (χ3v) is 4.88. The van der Waals surface area contributed by atoms with Crippen molar-refractivity contribution in [2.75, 3.05) is 32.1 Å². The van der Waals surface area contributed by atoms with Crippen LogP contribution in [0.1, 0.15) is 18.5 Å². The van der Waals surface area contributed by atoms with Gasteiger partial charge in [-0.1, -0.05) is 30.3 Å². The van der Waals surface area contributed by atoms with Crippen LogP contribution in [-0.4, -0.2) is 52.9 Å². The Labute approximate surface area is 165 Å². The number of aromatic nitrogens is 3. The van der Waals surface area contributed by atoms with Gasteiger partial charge in [0.25, 0.3) is 0 Å². The second kappa shape index (κ2) is 9.03. The fourth-order valence-electron chi connectivity index (χ4n) is 2.91. The van der Waals surface area contributed by atoms with E-state index in [1.807, 2.05) is 63.5 Å². The summed E-state index contributed by atoms with van der Waals surface area (Å²) in [6, 6.07) is 17.9. The van der Waals surface area contributed by atoms with Gasteiger partial charge >= 0.3 is 6.03 Å². The molecule has 0 saturated carbocycles. The molecule has 1 atom stereocenters. The summed E-state index contributed by atoms with van der Waals surface area (Å²) in [5, 5.41) is 7.11. The standard InChI is InChI=1S/C21H26N6O/c1-17(18-9-11-20(12-10-18)27-16-22-15-24-27)26(3)21(28)23-13-14-25(2)19-7-5-4-6-8-19/h4-12,15-17H,13-14H2,1-3H3,(H,23,28). The van der Waals surface area contributed by atoms with Gasteiger partial charge in [-0.05, 0) is 36.8 Å². The van der Waals surface area contributed by atoms with Crippen LogP contribution in [0.3, 0.4) is 0 Å². The third kappa shape index (κ3) is 4.68. The van der Waals surface area contributed by atoms with Crippen LogP contribution in [0.4, 0.5) is 10.5 Å². The van der Waals surface area contributed by atoms with Gasteiger partial charge in [0.2, 0.25) is 0 Å². The molecule has 0 bridgehead atoms. The van der Waals surface area contributed by atoms with Gasteiger partial charge in [0, 0.05) is 32.9 Å². The van der Waals surface area contributed by atoms with Crippen molar-refractivity contribution < 1.29 is 4.79 Å². The van der Waals surface area contributed by atoms with Gasteiger partial charge in [-0.25, -0.2) is 14.5 Å². The molecule has 1 unspecified atom stereocenters. The van der Waals surface area contributed by atoms with Crippen molar-refractivity contribution >= 4 is 11.7 Å². The topological polar surface area (TPSA) is 66.3 Å². The molecule has 1 heterocycles. The molecule has 0 radical (unpaired) electrons. The van der Waals surface area contributed by atoms with Gasteiger partial charge in [0.15, 0.2) is 0 Å². The molecule has 28 heavy (non-hydrogen) atoms. The molecule has 3 rings (SSSR count).